The highest BCUT2D eigenvalue weighted by molar-refractivity contribution is 7.91. The first kappa shape index (κ1) is 16.0. The van der Waals surface area contributed by atoms with Gasteiger partial charge >= 0.3 is 5.97 Å². The molecule has 0 amide bonds. The molecule has 21 heavy (non-hydrogen) atoms. The first-order valence-corrected chi connectivity index (χ1v) is 8.89. The normalized spacial score (nSPS) is 21.0. The van der Waals surface area contributed by atoms with Gasteiger partial charge in [0, 0.05) is 30.9 Å². The predicted octanol–water partition coefficient (Wildman–Crippen LogP) is 0.367. The van der Waals surface area contributed by atoms with Gasteiger partial charge in [-0.2, -0.15) is 5.10 Å². The van der Waals surface area contributed by atoms with Crippen LogP contribution in [0.15, 0.2) is 12.4 Å². The van der Waals surface area contributed by atoms with Crippen molar-refractivity contribution in [2.24, 2.45) is 0 Å². The Balaban J connectivity index is 2.07. The van der Waals surface area contributed by atoms with Crippen molar-refractivity contribution in [3.8, 4) is 0 Å². The van der Waals surface area contributed by atoms with E-state index in [1.54, 1.807) is 11.1 Å². The van der Waals surface area contributed by atoms with E-state index in [1.165, 1.54) is 0 Å². The molecule has 1 fully saturated rings. The second kappa shape index (κ2) is 6.57. The SMILES string of the molecule is CCCn1cc(CN(CC(=O)O)C2CCS(=O)(=O)C2)cn1. The van der Waals surface area contributed by atoms with Crippen LogP contribution in [0.5, 0.6) is 0 Å². The average Bonchev–Trinajstić information content (AvgIpc) is 2.95. The molecule has 1 saturated heterocycles. The van der Waals surface area contributed by atoms with E-state index in [-0.39, 0.29) is 24.1 Å². The van der Waals surface area contributed by atoms with Crippen molar-refractivity contribution < 1.29 is 18.3 Å². The highest BCUT2D eigenvalue weighted by atomic mass is 32.2. The summed E-state index contributed by atoms with van der Waals surface area (Å²) in [6.45, 7) is 3.13. The van der Waals surface area contributed by atoms with Crippen LogP contribution >= 0.6 is 0 Å². The van der Waals surface area contributed by atoms with Gasteiger partial charge in [0.15, 0.2) is 9.84 Å². The zero-order valence-corrected chi connectivity index (χ0v) is 12.9. The van der Waals surface area contributed by atoms with Crippen molar-refractivity contribution in [1.29, 1.82) is 0 Å². The summed E-state index contributed by atoms with van der Waals surface area (Å²) in [7, 11) is -3.03. The van der Waals surface area contributed by atoms with E-state index in [2.05, 4.69) is 12.0 Å². The van der Waals surface area contributed by atoms with Gasteiger partial charge in [0.05, 0.1) is 24.2 Å². The number of hydrogen-bond donors (Lipinski definition) is 1. The highest BCUT2D eigenvalue weighted by Crippen LogP contribution is 2.19. The van der Waals surface area contributed by atoms with Crippen molar-refractivity contribution >= 4 is 15.8 Å². The number of aliphatic carboxylic acids is 1. The number of carbonyl (C=O) groups is 1. The second-order valence-electron chi connectivity index (χ2n) is 5.47. The monoisotopic (exact) mass is 315 g/mol. The molecule has 8 heteroatoms. The number of carboxylic acids is 1. The minimum Gasteiger partial charge on any atom is -0.480 e. The van der Waals surface area contributed by atoms with Crippen LogP contribution in [0.4, 0.5) is 0 Å². The molecule has 2 rings (SSSR count). The molecule has 1 N–H and O–H groups in total. The van der Waals surface area contributed by atoms with Crippen LogP contribution in [0.3, 0.4) is 0 Å². The molecule has 1 atom stereocenters. The zero-order chi connectivity index (χ0) is 15.5. The van der Waals surface area contributed by atoms with E-state index in [1.807, 2.05) is 10.9 Å². The van der Waals surface area contributed by atoms with Gasteiger partial charge in [-0.15, -0.1) is 0 Å². The Labute approximate surface area is 124 Å². The Bertz CT molecular complexity index is 596. The van der Waals surface area contributed by atoms with Gasteiger partial charge in [0.25, 0.3) is 0 Å². The first-order valence-electron chi connectivity index (χ1n) is 7.07. The third-order valence-electron chi connectivity index (χ3n) is 3.59. The molecule has 0 aliphatic carbocycles. The number of sulfone groups is 1. The average molecular weight is 315 g/mol. The van der Waals surface area contributed by atoms with Crippen LogP contribution in [0.2, 0.25) is 0 Å². The minimum atomic E-state index is -3.03. The molecular weight excluding hydrogens is 294 g/mol. The quantitative estimate of drug-likeness (QED) is 0.781. The minimum absolute atomic E-state index is 0.0450. The summed E-state index contributed by atoms with van der Waals surface area (Å²) in [4.78, 5) is 12.7. The first-order chi connectivity index (χ1) is 9.89. The summed E-state index contributed by atoms with van der Waals surface area (Å²) < 4.78 is 25.0. The molecule has 0 saturated carbocycles. The standard InChI is InChI=1S/C13H21N3O4S/c1-2-4-16-8-11(6-14-16)7-15(9-13(17)18)12-3-5-21(19,20)10-12/h6,8,12H,2-5,7,9-10H2,1H3,(H,17,18). The number of aromatic nitrogens is 2. The molecule has 0 spiro atoms. The number of nitrogens with zero attached hydrogens (tertiary/aromatic N) is 3. The second-order valence-corrected chi connectivity index (χ2v) is 7.70. The topological polar surface area (TPSA) is 92.5 Å². The lowest BCUT2D eigenvalue weighted by atomic mass is 10.2. The van der Waals surface area contributed by atoms with Crippen LogP contribution in [-0.2, 0) is 27.7 Å². The highest BCUT2D eigenvalue weighted by Gasteiger charge is 2.33. The van der Waals surface area contributed by atoms with Crippen molar-refractivity contribution in [2.75, 3.05) is 18.1 Å². The number of carboxylic acid groups (broad SMARTS) is 1. The molecule has 0 radical (unpaired) electrons. The van der Waals surface area contributed by atoms with Gasteiger partial charge in [-0.1, -0.05) is 6.92 Å². The molecule has 1 unspecified atom stereocenters. The van der Waals surface area contributed by atoms with Crippen molar-refractivity contribution in [3.05, 3.63) is 18.0 Å². The van der Waals surface area contributed by atoms with Gasteiger partial charge in [-0.25, -0.2) is 8.42 Å². The summed E-state index contributed by atoms with van der Waals surface area (Å²) in [5, 5.41) is 13.2. The lowest BCUT2D eigenvalue weighted by Crippen LogP contribution is -2.39. The van der Waals surface area contributed by atoms with Crippen molar-refractivity contribution in [3.63, 3.8) is 0 Å². The Morgan fingerprint density at radius 3 is 2.90 bits per heavy atom. The van der Waals surface area contributed by atoms with Gasteiger partial charge in [0.1, 0.15) is 0 Å². The van der Waals surface area contributed by atoms with E-state index in [9.17, 15) is 13.2 Å². The number of aryl methyl sites for hydroxylation is 1. The summed E-state index contributed by atoms with van der Waals surface area (Å²) >= 11 is 0. The maximum atomic E-state index is 11.6. The van der Waals surface area contributed by atoms with Gasteiger partial charge in [0.2, 0.25) is 0 Å². The smallest absolute Gasteiger partial charge is 0.317 e. The van der Waals surface area contributed by atoms with Gasteiger partial charge < -0.3 is 5.11 Å². The van der Waals surface area contributed by atoms with Crippen LogP contribution in [0, 0.1) is 0 Å². The van der Waals surface area contributed by atoms with Gasteiger partial charge in [-0.3, -0.25) is 14.4 Å². The fourth-order valence-electron chi connectivity index (χ4n) is 2.63. The van der Waals surface area contributed by atoms with E-state index in [4.69, 9.17) is 5.11 Å². The molecule has 1 aliphatic rings. The molecule has 0 bridgehead atoms. The molecule has 118 valence electrons. The molecule has 1 aromatic rings. The van der Waals surface area contributed by atoms with E-state index < -0.39 is 15.8 Å². The maximum absolute atomic E-state index is 11.6. The van der Waals surface area contributed by atoms with E-state index >= 15 is 0 Å². The third-order valence-corrected chi connectivity index (χ3v) is 5.34. The molecule has 1 aliphatic heterocycles. The summed E-state index contributed by atoms with van der Waals surface area (Å²) in [6, 6.07) is -0.222. The largest absolute Gasteiger partial charge is 0.480 e. The van der Waals surface area contributed by atoms with Crippen LogP contribution in [-0.4, -0.2) is 58.3 Å². The lowest BCUT2D eigenvalue weighted by Gasteiger charge is -2.25. The molecule has 2 heterocycles. The number of hydrogen-bond acceptors (Lipinski definition) is 5. The molecular formula is C13H21N3O4S. The Morgan fingerprint density at radius 1 is 1.57 bits per heavy atom. The molecule has 1 aromatic heterocycles. The predicted molar refractivity (Wildman–Crippen MR) is 77.6 cm³/mol. The van der Waals surface area contributed by atoms with Crippen molar-refractivity contribution in [1.82, 2.24) is 14.7 Å². The Morgan fingerprint density at radius 2 is 2.33 bits per heavy atom. The van der Waals surface area contributed by atoms with Crippen LogP contribution < -0.4 is 0 Å². The lowest BCUT2D eigenvalue weighted by molar-refractivity contribution is -0.139. The fourth-order valence-corrected chi connectivity index (χ4v) is 4.39. The molecule has 7 nitrogen and oxygen atoms in total. The van der Waals surface area contributed by atoms with Crippen LogP contribution in [0.1, 0.15) is 25.3 Å². The fraction of sp³-hybridized carbons (Fsp3) is 0.692. The summed E-state index contributed by atoms with van der Waals surface area (Å²) in [6.07, 6.45) is 5.08. The maximum Gasteiger partial charge on any atom is 0.317 e. The Kier molecular flexibility index (Phi) is 5.00. The summed E-state index contributed by atoms with van der Waals surface area (Å²) in [5.74, 6) is -0.757. The van der Waals surface area contributed by atoms with Crippen molar-refractivity contribution in [2.45, 2.75) is 38.9 Å². The molecule has 0 aromatic carbocycles. The van der Waals surface area contributed by atoms with Crippen LogP contribution in [0.25, 0.3) is 0 Å². The zero-order valence-electron chi connectivity index (χ0n) is 12.1. The number of rotatable bonds is 7. The van der Waals surface area contributed by atoms with Gasteiger partial charge in [-0.05, 0) is 12.8 Å². The Hall–Kier alpha value is -1.41. The van der Waals surface area contributed by atoms with E-state index in [0.29, 0.717) is 13.0 Å². The van der Waals surface area contributed by atoms with E-state index in [0.717, 1.165) is 18.5 Å². The third kappa shape index (κ3) is 4.53. The summed E-state index contributed by atoms with van der Waals surface area (Å²) in [5.41, 5.74) is 0.911.